The third-order valence-corrected chi connectivity index (χ3v) is 5.25. The van der Waals surface area contributed by atoms with E-state index in [9.17, 15) is 9.18 Å². The number of hydrogen-bond donors (Lipinski definition) is 1. The largest absolute Gasteiger partial charge is 0.339 e. The third-order valence-electron chi connectivity index (χ3n) is 5.25. The summed E-state index contributed by atoms with van der Waals surface area (Å²) in [5.41, 5.74) is 6.95. The van der Waals surface area contributed by atoms with E-state index >= 15 is 0 Å². The van der Waals surface area contributed by atoms with E-state index in [1.807, 2.05) is 6.92 Å². The topological polar surface area (TPSA) is 85.2 Å². The molecule has 1 unspecified atom stereocenters. The second kappa shape index (κ2) is 5.91. The van der Waals surface area contributed by atoms with Gasteiger partial charge in [0, 0.05) is 13.0 Å². The highest BCUT2D eigenvalue weighted by Gasteiger charge is 2.39. The molecule has 1 aliphatic carbocycles. The number of carbonyl (C=O) groups excluding carboxylic acids is 1. The lowest BCUT2D eigenvalue weighted by Crippen LogP contribution is -2.34. The van der Waals surface area contributed by atoms with Crippen molar-refractivity contribution >= 4 is 11.6 Å². The molecular formula is C18H21FN4O2. The average molecular weight is 344 g/mol. The van der Waals surface area contributed by atoms with Gasteiger partial charge in [0.2, 0.25) is 11.8 Å². The number of carbonyl (C=O) groups is 1. The van der Waals surface area contributed by atoms with Gasteiger partial charge in [-0.2, -0.15) is 4.98 Å². The SMILES string of the molecule is Cc1ccc(N2CC(c3nc(C4(N)CCCC4)no3)CC2=O)c(F)c1. The first kappa shape index (κ1) is 16.2. The summed E-state index contributed by atoms with van der Waals surface area (Å²) in [5.74, 6) is 0.157. The molecule has 7 heteroatoms. The quantitative estimate of drug-likeness (QED) is 0.925. The van der Waals surface area contributed by atoms with Crippen LogP contribution in [0.3, 0.4) is 0 Å². The normalized spacial score (nSPS) is 22.8. The van der Waals surface area contributed by atoms with E-state index in [1.54, 1.807) is 12.1 Å². The highest BCUT2D eigenvalue weighted by molar-refractivity contribution is 5.96. The molecule has 0 bridgehead atoms. The predicted octanol–water partition coefficient (Wildman–Crippen LogP) is 2.77. The fourth-order valence-electron chi connectivity index (χ4n) is 3.77. The first-order chi connectivity index (χ1) is 12.0. The van der Waals surface area contributed by atoms with Crippen LogP contribution in [0.1, 0.15) is 55.3 Å². The maximum Gasteiger partial charge on any atom is 0.232 e. The standard InChI is InChI=1S/C18H21FN4O2/c1-11-4-5-14(13(19)8-11)23-10-12(9-15(23)24)16-21-17(22-25-16)18(20)6-2-3-7-18/h4-5,8,12H,2-3,6-7,9-10,20H2,1H3. The number of hydrogen-bond acceptors (Lipinski definition) is 5. The number of aromatic nitrogens is 2. The summed E-state index contributed by atoms with van der Waals surface area (Å²) < 4.78 is 19.6. The number of aryl methyl sites for hydroxylation is 1. The van der Waals surface area contributed by atoms with Gasteiger partial charge >= 0.3 is 0 Å². The van der Waals surface area contributed by atoms with Gasteiger partial charge in [-0.05, 0) is 37.5 Å². The van der Waals surface area contributed by atoms with Crippen molar-refractivity contribution in [2.75, 3.05) is 11.4 Å². The lowest BCUT2D eigenvalue weighted by atomic mass is 9.98. The Morgan fingerprint density at radius 3 is 2.84 bits per heavy atom. The van der Waals surface area contributed by atoms with Crippen LogP contribution in [-0.4, -0.2) is 22.6 Å². The Hall–Kier alpha value is -2.28. The molecule has 1 aromatic carbocycles. The zero-order chi connectivity index (χ0) is 17.6. The zero-order valence-corrected chi connectivity index (χ0v) is 14.2. The summed E-state index contributed by atoms with van der Waals surface area (Å²) in [4.78, 5) is 18.3. The number of amides is 1. The fraction of sp³-hybridized carbons (Fsp3) is 0.500. The lowest BCUT2D eigenvalue weighted by Gasteiger charge is -2.18. The number of nitrogens with two attached hydrogens (primary N) is 1. The van der Waals surface area contributed by atoms with Crippen molar-refractivity contribution in [3.63, 3.8) is 0 Å². The minimum Gasteiger partial charge on any atom is -0.339 e. The van der Waals surface area contributed by atoms with E-state index in [0.29, 0.717) is 23.9 Å². The molecule has 2 aromatic rings. The van der Waals surface area contributed by atoms with Gasteiger partial charge in [-0.15, -0.1) is 0 Å². The van der Waals surface area contributed by atoms with E-state index in [0.717, 1.165) is 31.2 Å². The van der Waals surface area contributed by atoms with Crippen molar-refractivity contribution in [2.24, 2.45) is 5.73 Å². The lowest BCUT2D eigenvalue weighted by molar-refractivity contribution is -0.117. The van der Waals surface area contributed by atoms with Gasteiger partial charge in [0.15, 0.2) is 5.82 Å². The molecule has 132 valence electrons. The van der Waals surface area contributed by atoms with Gasteiger partial charge in [0.1, 0.15) is 5.82 Å². The molecule has 6 nitrogen and oxygen atoms in total. The van der Waals surface area contributed by atoms with Gasteiger partial charge in [0.05, 0.1) is 17.1 Å². The number of anilines is 1. The van der Waals surface area contributed by atoms with Crippen molar-refractivity contribution in [3.05, 3.63) is 41.3 Å². The summed E-state index contributed by atoms with van der Waals surface area (Å²) in [7, 11) is 0. The molecule has 4 rings (SSSR count). The van der Waals surface area contributed by atoms with Gasteiger partial charge in [-0.1, -0.05) is 24.1 Å². The summed E-state index contributed by atoms with van der Waals surface area (Å²) in [6, 6.07) is 4.86. The molecule has 1 amide bonds. The van der Waals surface area contributed by atoms with Crippen LogP contribution in [0.15, 0.2) is 22.7 Å². The molecule has 25 heavy (non-hydrogen) atoms. The number of nitrogens with zero attached hydrogens (tertiary/aromatic N) is 3. The van der Waals surface area contributed by atoms with E-state index in [-0.39, 0.29) is 18.2 Å². The van der Waals surface area contributed by atoms with Crippen LogP contribution in [0.25, 0.3) is 0 Å². The molecule has 1 atom stereocenters. The first-order valence-corrected chi connectivity index (χ1v) is 8.66. The fourth-order valence-corrected chi connectivity index (χ4v) is 3.77. The summed E-state index contributed by atoms with van der Waals surface area (Å²) in [5, 5.41) is 4.05. The summed E-state index contributed by atoms with van der Waals surface area (Å²) in [6.45, 7) is 2.14. The summed E-state index contributed by atoms with van der Waals surface area (Å²) in [6.07, 6.45) is 4.03. The van der Waals surface area contributed by atoms with Crippen LogP contribution >= 0.6 is 0 Å². The Morgan fingerprint density at radius 1 is 1.36 bits per heavy atom. The molecule has 2 heterocycles. The van der Waals surface area contributed by atoms with Gasteiger partial charge < -0.3 is 15.2 Å². The van der Waals surface area contributed by atoms with Crippen molar-refractivity contribution in [3.8, 4) is 0 Å². The first-order valence-electron chi connectivity index (χ1n) is 8.66. The molecule has 0 radical (unpaired) electrons. The van der Waals surface area contributed by atoms with Gasteiger partial charge in [-0.3, -0.25) is 4.79 Å². The molecule has 1 saturated carbocycles. The minimum absolute atomic E-state index is 0.143. The van der Waals surface area contributed by atoms with Crippen LogP contribution in [-0.2, 0) is 10.3 Å². The molecule has 2 fully saturated rings. The molecule has 2 aliphatic rings. The maximum atomic E-state index is 14.2. The van der Waals surface area contributed by atoms with Crippen molar-refractivity contribution in [1.82, 2.24) is 10.1 Å². The molecule has 1 aromatic heterocycles. The zero-order valence-electron chi connectivity index (χ0n) is 14.2. The molecule has 2 N–H and O–H groups in total. The van der Waals surface area contributed by atoms with Crippen LogP contribution in [0.5, 0.6) is 0 Å². The average Bonchev–Trinajstić information content (AvgIpc) is 3.27. The van der Waals surface area contributed by atoms with E-state index < -0.39 is 11.4 Å². The monoisotopic (exact) mass is 344 g/mol. The van der Waals surface area contributed by atoms with Crippen molar-refractivity contribution in [2.45, 2.75) is 50.5 Å². The number of rotatable bonds is 3. The Morgan fingerprint density at radius 2 is 2.12 bits per heavy atom. The molecular weight excluding hydrogens is 323 g/mol. The smallest absolute Gasteiger partial charge is 0.232 e. The highest BCUT2D eigenvalue weighted by Crippen LogP contribution is 2.37. The minimum atomic E-state index is -0.521. The van der Waals surface area contributed by atoms with Crippen LogP contribution in [0, 0.1) is 12.7 Å². The van der Waals surface area contributed by atoms with E-state index in [4.69, 9.17) is 10.3 Å². The second-order valence-electron chi connectivity index (χ2n) is 7.18. The number of halogens is 1. The van der Waals surface area contributed by atoms with E-state index in [2.05, 4.69) is 10.1 Å². The van der Waals surface area contributed by atoms with Crippen LogP contribution < -0.4 is 10.6 Å². The molecule has 1 aliphatic heterocycles. The highest BCUT2D eigenvalue weighted by atomic mass is 19.1. The van der Waals surface area contributed by atoms with Crippen molar-refractivity contribution < 1.29 is 13.7 Å². The Labute approximate surface area is 145 Å². The van der Waals surface area contributed by atoms with Crippen LogP contribution in [0.4, 0.5) is 10.1 Å². The Balaban J connectivity index is 1.55. The van der Waals surface area contributed by atoms with E-state index in [1.165, 1.54) is 11.0 Å². The van der Waals surface area contributed by atoms with Gasteiger partial charge in [0.25, 0.3) is 0 Å². The predicted molar refractivity (Wildman–Crippen MR) is 89.5 cm³/mol. The third kappa shape index (κ3) is 2.82. The molecule has 0 spiro atoms. The summed E-state index contributed by atoms with van der Waals surface area (Å²) >= 11 is 0. The van der Waals surface area contributed by atoms with Crippen LogP contribution in [0.2, 0.25) is 0 Å². The van der Waals surface area contributed by atoms with Crippen molar-refractivity contribution in [1.29, 1.82) is 0 Å². The second-order valence-corrected chi connectivity index (χ2v) is 7.18. The van der Waals surface area contributed by atoms with Gasteiger partial charge in [-0.25, -0.2) is 4.39 Å². The maximum absolute atomic E-state index is 14.2. The Bertz CT molecular complexity index is 813. The molecule has 1 saturated heterocycles. The Kier molecular flexibility index (Phi) is 3.83. The number of benzene rings is 1.